The minimum atomic E-state index is -0.932. The summed E-state index contributed by atoms with van der Waals surface area (Å²) in [6.45, 7) is 3.09. The van der Waals surface area contributed by atoms with Crippen LogP contribution in [0, 0.1) is 6.92 Å². The molecule has 0 aliphatic rings. The van der Waals surface area contributed by atoms with Crippen molar-refractivity contribution in [2.24, 2.45) is 0 Å². The average molecular weight is 422 g/mol. The van der Waals surface area contributed by atoms with Crippen LogP contribution in [0.1, 0.15) is 22.7 Å². The number of halogens is 1. The fourth-order valence-electron chi connectivity index (χ4n) is 2.62. The molecule has 1 unspecified atom stereocenters. The summed E-state index contributed by atoms with van der Waals surface area (Å²) in [6.07, 6.45) is 0. The third-order valence-electron chi connectivity index (χ3n) is 3.87. The second-order valence-corrected chi connectivity index (χ2v) is 8.35. The number of nitrogens with two attached hydrogens (primary N) is 2. The molecule has 7 nitrogen and oxygen atoms in total. The number of benzene rings is 1. The van der Waals surface area contributed by atoms with E-state index in [9.17, 15) is 4.39 Å². The SMILES string of the molecule is COc1ccc(-c2nc(C(C)Sc3nc(N)cc(N)n3)c(C)s2)cc1OCF. The standard InChI is InChI=1S/C18H20FN5O2S2/c1-9-16(10(2)28-18-22-14(20)7-15(21)23-18)24-17(27-9)11-4-5-12(25-3)13(6-11)26-8-19/h4-7,10H,8H2,1-3H3,(H4,20,21,22,23). The van der Waals surface area contributed by atoms with Crippen molar-refractivity contribution < 1.29 is 13.9 Å². The third kappa shape index (κ3) is 4.45. The Bertz CT molecular complexity index is 962. The zero-order valence-corrected chi connectivity index (χ0v) is 17.2. The summed E-state index contributed by atoms with van der Waals surface area (Å²) >= 11 is 2.98. The fraction of sp³-hybridized carbons (Fsp3) is 0.278. The number of hydrogen-bond acceptors (Lipinski definition) is 9. The van der Waals surface area contributed by atoms with Crippen molar-refractivity contribution in [1.29, 1.82) is 0 Å². The van der Waals surface area contributed by atoms with Crippen LogP contribution in [0.15, 0.2) is 29.4 Å². The molecule has 0 fully saturated rings. The summed E-state index contributed by atoms with van der Waals surface area (Å²) < 4.78 is 22.9. The summed E-state index contributed by atoms with van der Waals surface area (Å²) in [5, 5.41) is 1.30. The highest BCUT2D eigenvalue weighted by Crippen LogP contribution is 2.40. The first kappa shape index (κ1) is 20.2. The van der Waals surface area contributed by atoms with Crippen molar-refractivity contribution in [3.05, 3.63) is 34.8 Å². The number of thiazole rings is 1. The van der Waals surface area contributed by atoms with E-state index in [0.717, 1.165) is 21.1 Å². The minimum absolute atomic E-state index is 0.00832. The van der Waals surface area contributed by atoms with E-state index in [2.05, 4.69) is 9.97 Å². The maximum Gasteiger partial charge on any atom is 0.228 e. The van der Waals surface area contributed by atoms with Crippen LogP contribution in [0.3, 0.4) is 0 Å². The number of nitrogen functional groups attached to an aromatic ring is 2. The van der Waals surface area contributed by atoms with Gasteiger partial charge < -0.3 is 20.9 Å². The minimum Gasteiger partial charge on any atom is -0.493 e. The van der Waals surface area contributed by atoms with E-state index in [4.69, 9.17) is 25.9 Å². The fourth-order valence-corrected chi connectivity index (χ4v) is 4.67. The van der Waals surface area contributed by atoms with E-state index in [-0.39, 0.29) is 5.25 Å². The molecule has 1 aromatic carbocycles. The lowest BCUT2D eigenvalue weighted by Crippen LogP contribution is -2.01. The van der Waals surface area contributed by atoms with E-state index in [1.165, 1.54) is 24.9 Å². The molecule has 148 valence electrons. The highest BCUT2D eigenvalue weighted by Gasteiger charge is 2.19. The Kier molecular flexibility index (Phi) is 6.20. The lowest BCUT2D eigenvalue weighted by atomic mass is 10.2. The van der Waals surface area contributed by atoms with Crippen molar-refractivity contribution in [2.75, 3.05) is 25.4 Å². The number of rotatable bonds is 7. The van der Waals surface area contributed by atoms with Gasteiger partial charge in [-0.2, -0.15) is 0 Å². The molecular formula is C18H20FN5O2S2. The Hall–Kier alpha value is -2.59. The normalized spacial score (nSPS) is 12.0. The molecular weight excluding hydrogens is 401 g/mol. The summed E-state index contributed by atoms with van der Waals surface area (Å²) in [5.41, 5.74) is 13.2. The van der Waals surface area contributed by atoms with Gasteiger partial charge in [-0.3, -0.25) is 0 Å². The van der Waals surface area contributed by atoms with Gasteiger partial charge in [-0.25, -0.2) is 19.3 Å². The van der Waals surface area contributed by atoms with E-state index < -0.39 is 6.86 Å². The quantitative estimate of drug-likeness (QED) is 0.431. The highest BCUT2D eigenvalue weighted by atomic mass is 32.2. The van der Waals surface area contributed by atoms with Crippen molar-refractivity contribution in [3.63, 3.8) is 0 Å². The van der Waals surface area contributed by atoms with Gasteiger partial charge in [0.15, 0.2) is 16.7 Å². The molecule has 0 aliphatic heterocycles. The summed E-state index contributed by atoms with van der Waals surface area (Å²) in [6, 6.07) is 6.84. The largest absolute Gasteiger partial charge is 0.493 e. The predicted octanol–water partition coefficient (Wildman–Crippen LogP) is 4.24. The van der Waals surface area contributed by atoms with E-state index >= 15 is 0 Å². The van der Waals surface area contributed by atoms with Crippen LogP contribution < -0.4 is 20.9 Å². The number of hydrogen-bond donors (Lipinski definition) is 2. The van der Waals surface area contributed by atoms with Gasteiger partial charge in [-0.1, -0.05) is 11.8 Å². The van der Waals surface area contributed by atoms with Gasteiger partial charge >= 0.3 is 0 Å². The number of methoxy groups -OCH3 is 1. The lowest BCUT2D eigenvalue weighted by molar-refractivity contribution is 0.185. The number of alkyl halides is 1. The zero-order chi connectivity index (χ0) is 20.3. The molecule has 28 heavy (non-hydrogen) atoms. The Morgan fingerprint density at radius 2 is 1.86 bits per heavy atom. The number of aryl methyl sites for hydroxylation is 1. The van der Waals surface area contributed by atoms with Gasteiger partial charge in [0, 0.05) is 16.5 Å². The zero-order valence-electron chi connectivity index (χ0n) is 15.6. The Balaban J connectivity index is 1.87. The molecule has 0 bridgehead atoms. The molecule has 0 saturated carbocycles. The lowest BCUT2D eigenvalue weighted by Gasteiger charge is -2.10. The number of thioether (sulfide) groups is 1. The van der Waals surface area contributed by atoms with E-state index in [1.54, 1.807) is 23.5 Å². The molecule has 10 heteroatoms. The molecule has 0 amide bonds. The summed E-state index contributed by atoms with van der Waals surface area (Å²) in [5.74, 6) is 1.46. The van der Waals surface area contributed by atoms with Gasteiger partial charge in [-0.05, 0) is 32.0 Å². The van der Waals surface area contributed by atoms with Crippen molar-refractivity contribution in [1.82, 2.24) is 15.0 Å². The van der Waals surface area contributed by atoms with Gasteiger partial charge in [0.1, 0.15) is 16.6 Å². The Labute approximate surface area is 170 Å². The maximum absolute atomic E-state index is 12.6. The monoisotopic (exact) mass is 421 g/mol. The molecule has 3 rings (SSSR count). The molecule has 0 spiro atoms. The van der Waals surface area contributed by atoms with Gasteiger partial charge in [-0.15, -0.1) is 11.3 Å². The summed E-state index contributed by atoms with van der Waals surface area (Å²) in [7, 11) is 1.51. The van der Waals surface area contributed by atoms with Crippen LogP contribution >= 0.6 is 23.1 Å². The second kappa shape index (κ2) is 8.61. The number of anilines is 2. The Morgan fingerprint density at radius 1 is 1.14 bits per heavy atom. The summed E-state index contributed by atoms with van der Waals surface area (Å²) in [4.78, 5) is 14.2. The molecule has 0 aliphatic carbocycles. The first-order valence-electron chi connectivity index (χ1n) is 8.32. The van der Waals surface area contributed by atoms with Crippen LogP contribution in [0.5, 0.6) is 11.5 Å². The molecule has 4 N–H and O–H groups in total. The molecule has 3 aromatic rings. The first-order chi connectivity index (χ1) is 13.4. The topological polar surface area (TPSA) is 109 Å². The van der Waals surface area contributed by atoms with Crippen LogP contribution in [-0.2, 0) is 0 Å². The van der Waals surface area contributed by atoms with Crippen molar-refractivity contribution in [3.8, 4) is 22.1 Å². The predicted molar refractivity (Wildman–Crippen MR) is 111 cm³/mol. The molecule has 1 atom stereocenters. The van der Waals surface area contributed by atoms with Gasteiger partial charge in [0.2, 0.25) is 6.86 Å². The Morgan fingerprint density at radius 3 is 2.50 bits per heavy atom. The molecule has 0 radical (unpaired) electrons. The highest BCUT2D eigenvalue weighted by molar-refractivity contribution is 7.99. The molecule has 2 aromatic heterocycles. The smallest absolute Gasteiger partial charge is 0.228 e. The van der Waals surface area contributed by atoms with Crippen LogP contribution in [-0.4, -0.2) is 28.9 Å². The molecule has 2 heterocycles. The number of ether oxygens (including phenoxy) is 2. The first-order valence-corrected chi connectivity index (χ1v) is 10.0. The average Bonchev–Trinajstić information content (AvgIpc) is 3.03. The van der Waals surface area contributed by atoms with Crippen molar-refractivity contribution >= 4 is 34.7 Å². The van der Waals surface area contributed by atoms with Gasteiger partial charge in [0.25, 0.3) is 0 Å². The van der Waals surface area contributed by atoms with Crippen LogP contribution in [0.4, 0.5) is 16.0 Å². The van der Waals surface area contributed by atoms with E-state index in [1.807, 2.05) is 19.9 Å². The maximum atomic E-state index is 12.6. The molecule has 0 saturated heterocycles. The van der Waals surface area contributed by atoms with E-state index in [0.29, 0.717) is 28.3 Å². The number of aromatic nitrogens is 3. The van der Waals surface area contributed by atoms with Crippen molar-refractivity contribution in [2.45, 2.75) is 24.3 Å². The third-order valence-corrected chi connectivity index (χ3v) is 5.87. The second-order valence-electron chi connectivity index (χ2n) is 5.84. The van der Waals surface area contributed by atoms with Gasteiger partial charge in [0.05, 0.1) is 18.1 Å². The number of nitrogens with zero attached hydrogens (tertiary/aromatic N) is 3. The van der Waals surface area contributed by atoms with Crippen LogP contribution in [0.2, 0.25) is 0 Å². The van der Waals surface area contributed by atoms with Crippen LogP contribution in [0.25, 0.3) is 10.6 Å².